The second kappa shape index (κ2) is 3.97. The molecule has 0 unspecified atom stereocenters. The van der Waals surface area contributed by atoms with E-state index in [0.29, 0.717) is 5.95 Å². The van der Waals surface area contributed by atoms with Crippen LogP contribution in [0, 0.1) is 0 Å². The van der Waals surface area contributed by atoms with Crippen molar-refractivity contribution in [3.63, 3.8) is 0 Å². The summed E-state index contributed by atoms with van der Waals surface area (Å²) in [6.07, 6.45) is 4.47. The van der Waals surface area contributed by atoms with Crippen molar-refractivity contribution in [2.75, 3.05) is 6.54 Å². The first-order chi connectivity index (χ1) is 6.45. The summed E-state index contributed by atoms with van der Waals surface area (Å²) in [5, 5.41) is 17.6. The van der Waals surface area contributed by atoms with Crippen LogP contribution in [0.15, 0.2) is 4.99 Å². The molecule has 13 heavy (non-hydrogen) atoms. The molecular formula is C7H11N6-. The number of rotatable bonds is 1. The van der Waals surface area contributed by atoms with Crippen LogP contribution in [0.4, 0.5) is 5.95 Å². The van der Waals surface area contributed by atoms with Crippen molar-refractivity contribution < 1.29 is 0 Å². The SMILES string of the molecule is C1CC[N-]/C(=N/c2nn[nH]n2)CC1. The van der Waals surface area contributed by atoms with Crippen LogP contribution in [-0.2, 0) is 0 Å². The molecule has 1 aromatic heterocycles. The first-order valence-corrected chi connectivity index (χ1v) is 4.44. The van der Waals surface area contributed by atoms with E-state index in [0.717, 1.165) is 31.6 Å². The van der Waals surface area contributed by atoms with E-state index < -0.39 is 0 Å². The van der Waals surface area contributed by atoms with Gasteiger partial charge in [-0.1, -0.05) is 30.4 Å². The summed E-state index contributed by atoms with van der Waals surface area (Å²) in [4.78, 5) is 4.17. The third kappa shape index (κ3) is 2.24. The molecule has 2 rings (SSSR count). The van der Waals surface area contributed by atoms with Gasteiger partial charge in [0.25, 0.3) is 0 Å². The van der Waals surface area contributed by atoms with Crippen molar-refractivity contribution in [2.45, 2.75) is 25.7 Å². The maximum absolute atomic E-state index is 4.33. The average molecular weight is 179 g/mol. The van der Waals surface area contributed by atoms with E-state index in [1.165, 1.54) is 6.42 Å². The summed E-state index contributed by atoms with van der Waals surface area (Å²) in [6, 6.07) is 0. The Morgan fingerprint density at radius 2 is 2.31 bits per heavy atom. The molecule has 0 atom stereocenters. The Labute approximate surface area is 75.8 Å². The third-order valence-electron chi connectivity index (χ3n) is 1.92. The van der Waals surface area contributed by atoms with Gasteiger partial charge in [0, 0.05) is 0 Å². The van der Waals surface area contributed by atoms with Crippen molar-refractivity contribution in [1.29, 1.82) is 0 Å². The lowest BCUT2D eigenvalue weighted by atomic mass is 10.2. The number of nitrogens with zero attached hydrogens (tertiary/aromatic N) is 5. The number of aromatic amines is 1. The molecule has 6 nitrogen and oxygen atoms in total. The lowest BCUT2D eigenvalue weighted by Crippen LogP contribution is -1.94. The van der Waals surface area contributed by atoms with E-state index in [1.54, 1.807) is 0 Å². The highest BCUT2D eigenvalue weighted by Crippen LogP contribution is 2.15. The third-order valence-corrected chi connectivity index (χ3v) is 1.92. The van der Waals surface area contributed by atoms with Crippen LogP contribution < -0.4 is 0 Å². The lowest BCUT2D eigenvalue weighted by Gasteiger charge is -2.13. The van der Waals surface area contributed by atoms with Crippen molar-refractivity contribution in [3.8, 4) is 0 Å². The molecule has 1 N–H and O–H groups in total. The van der Waals surface area contributed by atoms with E-state index >= 15 is 0 Å². The minimum absolute atomic E-state index is 0.376. The molecule has 2 heterocycles. The van der Waals surface area contributed by atoms with Crippen LogP contribution in [0.25, 0.3) is 5.32 Å². The highest BCUT2D eigenvalue weighted by molar-refractivity contribution is 5.95. The van der Waals surface area contributed by atoms with Gasteiger partial charge >= 0.3 is 0 Å². The zero-order chi connectivity index (χ0) is 8.93. The van der Waals surface area contributed by atoms with Crippen molar-refractivity contribution in [2.24, 2.45) is 4.99 Å². The van der Waals surface area contributed by atoms with E-state index in [-0.39, 0.29) is 0 Å². The molecule has 1 aliphatic heterocycles. The number of hydrogen-bond donors (Lipinski definition) is 1. The van der Waals surface area contributed by atoms with Gasteiger partial charge in [0.1, 0.15) is 0 Å². The molecule has 0 amide bonds. The van der Waals surface area contributed by atoms with Crippen LogP contribution in [-0.4, -0.2) is 33.0 Å². The Bertz CT molecular complexity index is 267. The standard InChI is InChI=1S/C7H11N6/c1-2-4-6(8-5-3-1)9-7-10-12-13-11-7/h1-5H2,(H-,8,9,10,11,12,13)/q-1. The molecule has 0 aromatic carbocycles. The van der Waals surface area contributed by atoms with E-state index in [1.807, 2.05) is 0 Å². The van der Waals surface area contributed by atoms with E-state index in [4.69, 9.17) is 0 Å². The first kappa shape index (κ1) is 8.15. The number of aliphatic imine (C=N–C) groups is 1. The molecule has 1 aliphatic rings. The van der Waals surface area contributed by atoms with Gasteiger partial charge in [-0.3, -0.25) is 0 Å². The van der Waals surface area contributed by atoms with Crippen molar-refractivity contribution in [3.05, 3.63) is 5.32 Å². The number of H-pyrrole nitrogens is 1. The molecule has 0 radical (unpaired) electrons. The fourth-order valence-electron chi connectivity index (χ4n) is 1.27. The first-order valence-electron chi connectivity index (χ1n) is 4.44. The normalized spacial score (nSPS) is 21.1. The summed E-state index contributed by atoms with van der Waals surface area (Å²) in [5.74, 6) is 1.22. The van der Waals surface area contributed by atoms with Crippen LogP contribution >= 0.6 is 0 Å². The fourth-order valence-corrected chi connectivity index (χ4v) is 1.27. The maximum atomic E-state index is 4.33. The smallest absolute Gasteiger partial charge is 0.189 e. The lowest BCUT2D eigenvalue weighted by molar-refractivity contribution is 0.750. The highest BCUT2D eigenvalue weighted by atomic mass is 15.5. The maximum Gasteiger partial charge on any atom is 0.189 e. The number of aromatic nitrogens is 4. The second-order valence-electron chi connectivity index (χ2n) is 2.93. The van der Waals surface area contributed by atoms with Gasteiger partial charge in [-0.2, -0.15) is 5.21 Å². The van der Waals surface area contributed by atoms with E-state index in [2.05, 4.69) is 30.9 Å². The Kier molecular flexibility index (Phi) is 2.49. The topological polar surface area (TPSA) is 80.9 Å². The van der Waals surface area contributed by atoms with Crippen LogP contribution in [0.3, 0.4) is 0 Å². The van der Waals surface area contributed by atoms with Crippen LogP contribution in [0.5, 0.6) is 0 Å². The Morgan fingerprint density at radius 1 is 1.31 bits per heavy atom. The molecule has 1 fully saturated rings. The molecule has 0 bridgehead atoms. The molecule has 70 valence electrons. The molecular weight excluding hydrogens is 168 g/mol. The number of nitrogens with one attached hydrogen (secondary N) is 1. The molecule has 0 aliphatic carbocycles. The Balaban J connectivity index is 2.05. The fraction of sp³-hybridized carbons (Fsp3) is 0.714. The minimum Gasteiger partial charge on any atom is -0.469 e. The van der Waals surface area contributed by atoms with Crippen LogP contribution in [0.1, 0.15) is 25.7 Å². The molecule has 0 spiro atoms. The number of hydrogen-bond acceptors (Lipinski definition) is 4. The van der Waals surface area contributed by atoms with Gasteiger partial charge in [0.2, 0.25) is 0 Å². The Hall–Kier alpha value is -1.46. The number of tetrazole rings is 1. The van der Waals surface area contributed by atoms with E-state index in [9.17, 15) is 0 Å². The predicted molar refractivity (Wildman–Crippen MR) is 48.0 cm³/mol. The monoisotopic (exact) mass is 179 g/mol. The minimum atomic E-state index is 0.376. The summed E-state index contributed by atoms with van der Waals surface area (Å²) in [7, 11) is 0. The van der Waals surface area contributed by atoms with Gasteiger partial charge in [0.15, 0.2) is 5.95 Å². The van der Waals surface area contributed by atoms with Gasteiger partial charge in [-0.05, 0) is 12.8 Å². The van der Waals surface area contributed by atoms with Crippen molar-refractivity contribution in [1.82, 2.24) is 20.6 Å². The molecule has 6 heteroatoms. The van der Waals surface area contributed by atoms with Gasteiger partial charge in [-0.15, -0.1) is 10.2 Å². The highest BCUT2D eigenvalue weighted by Gasteiger charge is 1.97. The second-order valence-corrected chi connectivity index (χ2v) is 2.93. The summed E-state index contributed by atoms with van der Waals surface area (Å²) >= 11 is 0. The van der Waals surface area contributed by atoms with Crippen LogP contribution in [0.2, 0.25) is 0 Å². The Morgan fingerprint density at radius 3 is 3.15 bits per heavy atom. The van der Waals surface area contributed by atoms with Gasteiger partial charge < -0.3 is 10.3 Å². The summed E-state index contributed by atoms with van der Waals surface area (Å²) in [6.45, 7) is 0.872. The molecule has 1 aromatic rings. The average Bonchev–Trinajstić information content (AvgIpc) is 2.49. The largest absolute Gasteiger partial charge is 0.469 e. The summed E-state index contributed by atoms with van der Waals surface area (Å²) in [5.41, 5.74) is 0. The molecule has 0 saturated carbocycles. The van der Waals surface area contributed by atoms with Gasteiger partial charge in [-0.25, -0.2) is 0 Å². The van der Waals surface area contributed by atoms with Crippen molar-refractivity contribution >= 4 is 11.8 Å². The molecule has 1 saturated heterocycles. The summed E-state index contributed by atoms with van der Waals surface area (Å²) < 4.78 is 0. The van der Waals surface area contributed by atoms with Gasteiger partial charge in [0.05, 0.1) is 0 Å². The zero-order valence-corrected chi connectivity index (χ0v) is 7.27. The number of amidine groups is 1. The predicted octanol–water partition coefficient (Wildman–Crippen LogP) is 1.18. The zero-order valence-electron chi connectivity index (χ0n) is 7.27. The quantitative estimate of drug-likeness (QED) is 0.702.